The van der Waals surface area contributed by atoms with Gasteiger partial charge in [0.2, 0.25) is 0 Å². The summed E-state index contributed by atoms with van der Waals surface area (Å²) in [5.74, 6) is 0.750. The Balaban J connectivity index is 1.39. The summed E-state index contributed by atoms with van der Waals surface area (Å²) in [7, 11) is 0. The summed E-state index contributed by atoms with van der Waals surface area (Å²) in [6, 6.07) is 47.2. The molecule has 0 N–H and O–H groups in total. The van der Waals surface area contributed by atoms with Crippen molar-refractivity contribution in [1.29, 1.82) is 5.26 Å². The van der Waals surface area contributed by atoms with Crippen molar-refractivity contribution in [3.8, 4) is 23.0 Å². The molecule has 3 nitrogen and oxygen atoms in total. The molecule has 42 heavy (non-hydrogen) atoms. The van der Waals surface area contributed by atoms with Gasteiger partial charge in [0.1, 0.15) is 5.82 Å². The van der Waals surface area contributed by atoms with E-state index in [9.17, 15) is 5.26 Å². The first kappa shape index (κ1) is 23.2. The van der Waals surface area contributed by atoms with Crippen molar-refractivity contribution in [2.75, 3.05) is 0 Å². The van der Waals surface area contributed by atoms with Crippen LogP contribution in [0, 0.1) is 11.3 Å². The molecule has 194 valence electrons. The van der Waals surface area contributed by atoms with Crippen molar-refractivity contribution in [3.63, 3.8) is 0 Å². The summed E-state index contributed by atoms with van der Waals surface area (Å²) in [4.78, 5) is 5.07. The highest BCUT2D eigenvalue weighted by molar-refractivity contribution is 7.26. The predicted molar refractivity (Wildman–Crippen MR) is 177 cm³/mol. The van der Waals surface area contributed by atoms with Crippen LogP contribution >= 0.6 is 11.3 Å². The molecule has 0 spiro atoms. The zero-order chi connectivity index (χ0) is 27.8. The molecule has 0 aliphatic rings. The molecule has 0 saturated carbocycles. The quantitative estimate of drug-likeness (QED) is 0.214. The first-order valence-electron chi connectivity index (χ1n) is 14.0. The van der Waals surface area contributed by atoms with E-state index in [1.807, 2.05) is 41.7 Å². The van der Waals surface area contributed by atoms with Crippen LogP contribution in [-0.4, -0.2) is 9.55 Å². The maximum Gasteiger partial charge on any atom is 0.139 e. The largest absolute Gasteiger partial charge is 0.294 e. The smallest absolute Gasteiger partial charge is 0.139 e. The Morgan fingerprint density at radius 2 is 1.38 bits per heavy atom. The molecule has 0 unspecified atom stereocenters. The van der Waals surface area contributed by atoms with Gasteiger partial charge >= 0.3 is 0 Å². The average molecular weight is 552 g/mol. The minimum atomic E-state index is 0.624. The van der Waals surface area contributed by atoms with Crippen LogP contribution in [0.3, 0.4) is 0 Å². The van der Waals surface area contributed by atoms with Crippen molar-refractivity contribution < 1.29 is 0 Å². The molecule has 9 rings (SSSR count). The molecule has 0 aliphatic carbocycles. The third kappa shape index (κ3) is 3.23. The molecular weight excluding hydrogens is 531 g/mol. The van der Waals surface area contributed by atoms with Crippen molar-refractivity contribution in [2.24, 2.45) is 0 Å². The van der Waals surface area contributed by atoms with Crippen molar-refractivity contribution in [2.45, 2.75) is 0 Å². The number of para-hydroxylation sites is 1. The standard InChI is InChI=1S/C38H21N3S/c39-22-25-21-36(40-32-14-5-3-9-26(25)32)41-33-18-17-24(20-31(33)37-27-10-2-1-8-23(27)16-19-34(37)41)28-12-7-13-30-29-11-4-6-15-35(29)42-38(28)30/h1-21H. The summed E-state index contributed by atoms with van der Waals surface area (Å²) >= 11 is 1.86. The third-order valence-electron chi connectivity index (χ3n) is 8.42. The van der Waals surface area contributed by atoms with Gasteiger partial charge in [-0.2, -0.15) is 5.26 Å². The van der Waals surface area contributed by atoms with E-state index in [0.717, 1.165) is 27.8 Å². The lowest BCUT2D eigenvalue weighted by atomic mass is 9.99. The molecule has 0 fully saturated rings. The van der Waals surface area contributed by atoms with Crippen molar-refractivity contribution in [3.05, 3.63) is 133 Å². The second kappa shape index (κ2) is 8.75. The van der Waals surface area contributed by atoms with E-state index >= 15 is 0 Å². The van der Waals surface area contributed by atoms with E-state index < -0.39 is 0 Å². The number of benzene rings is 6. The van der Waals surface area contributed by atoms with E-state index in [1.165, 1.54) is 52.8 Å². The highest BCUT2D eigenvalue weighted by Gasteiger charge is 2.19. The summed E-state index contributed by atoms with van der Waals surface area (Å²) in [6.45, 7) is 0. The number of rotatable bonds is 2. The number of fused-ring (bicyclic) bond motifs is 9. The Bertz CT molecular complexity index is 2600. The van der Waals surface area contributed by atoms with Gasteiger partial charge in [0, 0.05) is 36.3 Å². The maximum atomic E-state index is 10.0. The molecule has 9 aromatic rings. The molecule has 6 aromatic carbocycles. The SMILES string of the molecule is N#Cc1cc(-n2c3ccc(-c4cccc5c4sc4ccccc45)cc3c3c4ccccc4ccc32)nc2ccccc12. The zero-order valence-electron chi connectivity index (χ0n) is 22.4. The molecule has 4 heteroatoms. The molecule has 0 aliphatic heterocycles. The second-order valence-corrected chi connectivity index (χ2v) is 11.7. The third-order valence-corrected chi connectivity index (χ3v) is 9.64. The number of thiophene rings is 1. The minimum absolute atomic E-state index is 0.624. The highest BCUT2D eigenvalue weighted by Crippen LogP contribution is 2.43. The molecule has 3 heterocycles. The number of nitrogens with zero attached hydrogens (tertiary/aromatic N) is 3. The van der Waals surface area contributed by atoms with Crippen LogP contribution in [0.15, 0.2) is 127 Å². The Labute approximate surface area is 245 Å². The Hall–Kier alpha value is -5.50. The monoisotopic (exact) mass is 551 g/mol. The van der Waals surface area contributed by atoms with Gasteiger partial charge < -0.3 is 0 Å². The molecular formula is C38H21N3S. The lowest BCUT2D eigenvalue weighted by Gasteiger charge is -2.10. The van der Waals surface area contributed by atoms with Crippen LogP contribution < -0.4 is 0 Å². The van der Waals surface area contributed by atoms with E-state index in [-0.39, 0.29) is 0 Å². The van der Waals surface area contributed by atoms with Gasteiger partial charge in [-0.3, -0.25) is 4.57 Å². The first-order valence-corrected chi connectivity index (χ1v) is 14.8. The van der Waals surface area contributed by atoms with Gasteiger partial charge in [-0.05, 0) is 58.3 Å². The van der Waals surface area contributed by atoms with Crippen LogP contribution in [-0.2, 0) is 0 Å². The Morgan fingerprint density at radius 3 is 2.29 bits per heavy atom. The topological polar surface area (TPSA) is 41.6 Å². The lowest BCUT2D eigenvalue weighted by Crippen LogP contribution is -1.99. The normalized spacial score (nSPS) is 11.8. The van der Waals surface area contributed by atoms with Gasteiger partial charge in [-0.25, -0.2) is 4.98 Å². The first-order chi connectivity index (χ1) is 20.8. The molecule has 3 aromatic heterocycles. The van der Waals surface area contributed by atoms with Gasteiger partial charge in [0.25, 0.3) is 0 Å². The van der Waals surface area contributed by atoms with Gasteiger partial charge in [0.05, 0.1) is 28.2 Å². The molecule has 0 atom stereocenters. The number of pyridine rings is 1. The number of hydrogen-bond acceptors (Lipinski definition) is 3. The van der Waals surface area contributed by atoms with Crippen LogP contribution in [0.2, 0.25) is 0 Å². The fourth-order valence-electron chi connectivity index (χ4n) is 6.55. The predicted octanol–water partition coefficient (Wildman–Crippen LogP) is 10.4. The fraction of sp³-hybridized carbons (Fsp3) is 0. The summed E-state index contributed by atoms with van der Waals surface area (Å²) in [6.07, 6.45) is 0. The summed E-state index contributed by atoms with van der Waals surface area (Å²) < 4.78 is 4.83. The van der Waals surface area contributed by atoms with E-state index in [4.69, 9.17) is 4.98 Å². The van der Waals surface area contributed by atoms with Gasteiger partial charge in [-0.15, -0.1) is 11.3 Å². The number of hydrogen-bond donors (Lipinski definition) is 0. The van der Waals surface area contributed by atoms with Gasteiger partial charge in [0.15, 0.2) is 0 Å². The summed E-state index contributed by atoms with van der Waals surface area (Å²) in [5, 5.41) is 18.3. The maximum absolute atomic E-state index is 10.0. The van der Waals surface area contributed by atoms with Crippen LogP contribution in [0.25, 0.3) is 80.6 Å². The van der Waals surface area contributed by atoms with E-state index in [1.54, 1.807) is 0 Å². The number of nitriles is 1. The van der Waals surface area contributed by atoms with Crippen LogP contribution in [0.4, 0.5) is 0 Å². The fourth-order valence-corrected chi connectivity index (χ4v) is 7.79. The van der Waals surface area contributed by atoms with Gasteiger partial charge in [-0.1, -0.05) is 91.0 Å². The molecule has 0 radical (unpaired) electrons. The van der Waals surface area contributed by atoms with Crippen LogP contribution in [0.1, 0.15) is 5.56 Å². The number of aromatic nitrogens is 2. The highest BCUT2D eigenvalue weighted by atomic mass is 32.1. The Kier molecular flexibility index (Phi) is 4.84. The zero-order valence-corrected chi connectivity index (χ0v) is 23.2. The van der Waals surface area contributed by atoms with Crippen LogP contribution in [0.5, 0.6) is 0 Å². The molecule has 0 saturated heterocycles. The van der Waals surface area contributed by atoms with Crippen molar-refractivity contribution >= 4 is 75.0 Å². The minimum Gasteiger partial charge on any atom is -0.294 e. The summed E-state index contributed by atoms with van der Waals surface area (Å²) in [5.41, 5.74) is 6.02. The van der Waals surface area contributed by atoms with Crippen molar-refractivity contribution in [1.82, 2.24) is 9.55 Å². The van der Waals surface area contributed by atoms with E-state index in [0.29, 0.717) is 5.56 Å². The average Bonchev–Trinajstić information content (AvgIpc) is 3.60. The Morgan fingerprint density at radius 1 is 0.619 bits per heavy atom. The molecule has 0 amide bonds. The molecule has 0 bridgehead atoms. The van der Waals surface area contributed by atoms with E-state index in [2.05, 4.69) is 108 Å². The lowest BCUT2D eigenvalue weighted by molar-refractivity contribution is 1.10. The second-order valence-electron chi connectivity index (χ2n) is 10.7.